The van der Waals surface area contributed by atoms with Gasteiger partial charge in [-0.05, 0) is 7.05 Å². The average Bonchev–Trinajstić information content (AvgIpc) is 1.97. The summed E-state index contributed by atoms with van der Waals surface area (Å²) in [6, 6.07) is 0. The summed E-state index contributed by atoms with van der Waals surface area (Å²) in [6.07, 6.45) is -0.116. The first-order valence-corrected chi connectivity index (χ1v) is 3.53. The van der Waals surface area contributed by atoms with Crippen molar-refractivity contribution >= 4 is 0 Å². The molecule has 0 aliphatic heterocycles. The molecule has 6 N–H and O–H groups in total. The highest BCUT2D eigenvalue weighted by molar-refractivity contribution is 4.22. The number of rotatable bonds is 1. The molecule has 0 aliphatic carbocycles. The third-order valence-corrected chi connectivity index (χ3v) is 0.371. The Hall–Kier alpha value is -0.120. The second kappa shape index (κ2) is 36.6. The SMILES string of the molecule is C.CC.CC.CNC(N)[NH3+]. The van der Waals surface area contributed by atoms with Gasteiger partial charge in [0.1, 0.15) is 0 Å². The first-order chi connectivity index (χ1) is 4.27. The molecule has 0 aromatic heterocycles. The molecule has 3 nitrogen and oxygen atoms in total. The Labute approximate surface area is 66.2 Å². The van der Waals surface area contributed by atoms with Crippen molar-refractivity contribution in [2.24, 2.45) is 5.73 Å². The van der Waals surface area contributed by atoms with Crippen molar-refractivity contribution in [2.75, 3.05) is 7.05 Å². The minimum atomic E-state index is -0.116. The van der Waals surface area contributed by atoms with Gasteiger partial charge in [0.15, 0.2) is 6.29 Å². The number of nitrogens with two attached hydrogens (primary N) is 1. The molecule has 0 heterocycles. The quantitative estimate of drug-likeness (QED) is 0.476. The summed E-state index contributed by atoms with van der Waals surface area (Å²) in [5, 5.41) is 2.69. The lowest BCUT2D eigenvalue weighted by molar-refractivity contribution is -0.425. The van der Waals surface area contributed by atoms with Crippen LogP contribution in [-0.2, 0) is 0 Å². The topological polar surface area (TPSA) is 65.7 Å². The Morgan fingerprint density at radius 2 is 1.30 bits per heavy atom. The molecule has 0 spiro atoms. The van der Waals surface area contributed by atoms with Crippen molar-refractivity contribution in [3.05, 3.63) is 0 Å². The van der Waals surface area contributed by atoms with Gasteiger partial charge in [0.25, 0.3) is 0 Å². The van der Waals surface area contributed by atoms with Crippen molar-refractivity contribution in [1.82, 2.24) is 5.32 Å². The van der Waals surface area contributed by atoms with Crippen LogP contribution in [0.3, 0.4) is 0 Å². The molecule has 0 radical (unpaired) electrons. The summed E-state index contributed by atoms with van der Waals surface area (Å²) in [4.78, 5) is 0. The van der Waals surface area contributed by atoms with Crippen molar-refractivity contribution in [1.29, 1.82) is 0 Å². The number of hydrogen-bond acceptors (Lipinski definition) is 2. The zero-order valence-corrected chi connectivity index (χ0v) is 7.36. The van der Waals surface area contributed by atoms with Gasteiger partial charge in [-0.3, -0.25) is 11.1 Å². The Balaban J connectivity index is -0.0000000315. The van der Waals surface area contributed by atoms with Crippen molar-refractivity contribution in [3.63, 3.8) is 0 Å². The maximum Gasteiger partial charge on any atom is 0.192 e. The van der Waals surface area contributed by atoms with Gasteiger partial charge in [-0.1, -0.05) is 35.1 Å². The largest absolute Gasteiger partial charge is 0.330 e. The van der Waals surface area contributed by atoms with E-state index in [1.165, 1.54) is 0 Å². The molecule has 0 saturated heterocycles. The molecule has 0 aromatic carbocycles. The molecule has 0 fully saturated rings. The van der Waals surface area contributed by atoms with Crippen LogP contribution in [0.25, 0.3) is 0 Å². The Kier molecular flexibility index (Phi) is 82.5. The maximum absolute atomic E-state index is 5.07. The third-order valence-electron chi connectivity index (χ3n) is 0.371. The third kappa shape index (κ3) is 106. The highest BCUT2D eigenvalue weighted by Gasteiger charge is 1.81. The first kappa shape index (κ1) is 22.5. The van der Waals surface area contributed by atoms with E-state index >= 15 is 0 Å². The molecule has 68 valence electrons. The molecule has 3 heteroatoms. The Morgan fingerprint density at radius 1 is 1.20 bits per heavy atom. The molecule has 1 unspecified atom stereocenters. The summed E-state index contributed by atoms with van der Waals surface area (Å²) in [7, 11) is 1.76. The average molecular weight is 152 g/mol. The van der Waals surface area contributed by atoms with Gasteiger partial charge in [-0.15, -0.1) is 0 Å². The van der Waals surface area contributed by atoms with Gasteiger partial charge in [-0.2, -0.15) is 0 Å². The molecule has 0 aliphatic rings. The summed E-state index contributed by atoms with van der Waals surface area (Å²) in [5.74, 6) is 0. The lowest BCUT2D eigenvalue weighted by Crippen LogP contribution is -2.72. The van der Waals surface area contributed by atoms with E-state index in [1.807, 2.05) is 27.7 Å². The van der Waals surface area contributed by atoms with Gasteiger partial charge in [0, 0.05) is 0 Å². The normalized spacial score (nSPS) is 8.70. The molecule has 10 heavy (non-hydrogen) atoms. The van der Waals surface area contributed by atoms with Crippen LogP contribution in [0, 0.1) is 0 Å². The minimum Gasteiger partial charge on any atom is -0.330 e. The van der Waals surface area contributed by atoms with E-state index in [2.05, 4.69) is 11.1 Å². The molecule has 0 bridgehead atoms. The predicted molar refractivity (Wildman–Crippen MR) is 49.4 cm³/mol. The van der Waals surface area contributed by atoms with Crippen LogP contribution in [0.4, 0.5) is 0 Å². The van der Waals surface area contributed by atoms with Crippen LogP contribution >= 0.6 is 0 Å². The lowest BCUT2D eigenvalue weighted by Gasteiger charge is -1.92. The van der Waals surface area contributed by atoms with Crippen molar-refractivity contribution in [3.8, 4) is 0 Å². The molecule has 1 atom stereocenters. The molecule has 0 amide bonds. The van der Waals surface area contributed by atoms with E-state index in [1.54, 1.807) is 7.05 Å². The van der Waals surface area contributed by atoms with Crippen LogP contribution < -0.4 is 16.8 Å². The summed E-state index contributed by atoms with van der Waals surface area (Å²) < 4.78 is 0. The highest BCUT2D eigenvalue weighted by Crippen LogP contribution is 1.29. The molecule has 0 saturated carbocycles. The molecular formula is C7H26N3+. The second-order valence-electron chi connectivity index (χ2n) is 0.895. The zero-order chi connectivity index (χ0) is 8.28. The van der Waals surface area contributed by atoms with Crippen LogP contribution in [-0.4, -0.2) is 13.3 Å². The molecule has 0 aromatic rings. The van der Waals surface area contributed by atoms with E-state index in [0.717, 1.165) is 0 Å². The summed E-state index contributed by atoms with van der Waals surface area (Å²) in [6.45, 7) is 8.00. The first-order valence-electron chi connectivity index (χ1n) is 3.53. The van der Waals surface area contributed by atoms with E-state index < -0.39 is 0 Å². The lowest BCUT2D eigenvalue weighted by atomic mass is 10.9. The summed E-state index contributed by atoms with van der Waals surface area (Å²) in [5.41, 5.74) is 8.49. The van der Waals surface area contributed by atoms with Crippen molar-refractivity contribution < 1.29 is 5.73 Å². The highest BCUT2D eigenvalue weighted by atomic mass is 15.1. The number of nitrogens with one attached hydrogen (secondary N) is 1. The molecule has 0 rings (SSSR count). The minimum absolute atomic E-state index is 0. The van der Waals surface area contributed by atoms with E-state index in [0.29, 0.717) is 0 Å². The standard InChI is InChI=1S/C2H9N3.2C2H6.CH4/c1-5-2(3)4;2*1-2;/h2,5H,3-4H2,1H3;2*1-2H3;1H4/p+1. The van der Waals surface area contributed by atoms with Gasteiger partial charge in [-0.25, -0.2) is 0 Å². The molecular weight excluding hydrogens is 126 g/mol. The maximum atomic E-state index is 5.07. The summed E-state index contributed by atoms with van der Waals surface area (Å²) >= 11 is 0. The van der Waals surface area contributed by atoms with E-state index in [-0.39, 0.29) is 13.7 Å². The zero-order valence-electron chi connectivity index (χ0n) is 7.36. The monoisotopic (exact) mass is 152 g/mol. The van der Waals surface area contributed by atoms with Gasteiger partial charge in [0.05, 0.1) is 0 Å². The number of quaternary nitrogens is 1. The smallest absolute Gasteiger partial charge is 0.192 e. The van der Waals surface area contributed by atoms with Crippen LogP contribution in [0.15, 0.2) is 0 Å². The number of hydrogen-bond donors (Lipinski definition) is 3. The Morgan fingerprint density at radius 3 is 1.30 bits per heavy atom. The van der Waals surface area contributed by atoms with E-state index in [4.69, 9.17) is 5.73 Å². The van der Waals surface area contributed by atoms with Gasteiger partial charge < -0.3 is 5.73 Å². The second-order valence-corrected chi connectivity index (χ2v) is 0.895. The van der Waals surface area contributed by atoms with Gasteiger partial charge in [0.2, 0.25) is 0 Å². The fourth-order valence-electron chi connectivity index (χ4n) is 0. The van der Waals surface area contributed by atoms with Crippen molar-refractivity contribution in [2.45, 2.75) is 41.4 Å². The fraction of sp³-hybridized carbons (Fsp3) is 1.00. The van der Waals surface area contributed by atoms with Crippen LogP contribution in [0.1, 0.15) is 35.1 Å². The predicted octanol–water partition coefficient (Wildman–Crippen LogP) is 0.379. The van der Waals surface area contributed by atoms with Gasteiger partial charge >= 0.3 is 0 Å². The van der Waals surface area contributed by atoms with E-state index in [9.17, 15) is 0 Å². The van der Waals surface area contributed by atoms with Crippen LogP contribution in [0.2, 0.25) is 0 Å². The Bertz CT molecular complexity index is 22.8. The fourth-order valence-corrected chi connectivity index (χ4v) is 0. The van der Waals surface area contributed by atoms with Crippen LogP contribution in [0.5, 0.6) is 0 Å².